The third-order valence-electron chi connectivity index (χ3n) is 1.81. The minimum Gasteiger partial charge on any atom is -0.467 e. The molecule has 0 rings (SSSR count). The molecule has 0 saturated carbocycles. The second-order valence-corrected chi connectivity index (χ2v) is 3.06. The highest BCUT2D eigenvalue weighted by molar-refractivity contribution is 5.83. The van der Waals surface area contributed by atoms with E-state index < -0.39 is 12.0 Å². The number of methoxy groups -OCH3 is 1. The van der Waals surface area contributed by atoms with E-state index in [-0.39, 0.29) is 5.91 Å². The minimum absolute atomic E-state index is 0.229. The van der Waals surface area contributed by atoms with E-state index in [1.807, 2.05) is 0 Å². The van der Waals surface area contributed by atoms with Crippen molar-refractivity contribution in [3.63, 3.8) is 0 Å². The highest BCUT2D eigenvalue weighted by atomic mass is 16.5. The summed E-state index contributed by atoms with van der Waals surface area (Å²) in [4.78, 5) is 21.9. The molecule has 3 N–H and O–H groups in total. The third-order valence-corrected chi connectivity index (χ3v) is 1.81. The van der Waals surface area contributed by atoms with Crippen LogP contribution in [0.1, 0.15) is 26.2 Å². The molecule has 81 valence electrons. The Bertz CT molecular complexity index is 194. The number of nitrogens with two attached hydrogens (primary N) is 1. The molecule has 0 aliphatic heterocycles. The molecule has 1 amide bonds. The molecule has 0 fully saturated rings. The van der Waals surface area contributed by atoms with Gasteiger partial charge in [0.25, 0.3) is 0 Å². The molecule has 5 heteroatoms. The summed E-state index contributed by atoms with van der Waals surface area (Å²) in [5.41, 5.74) is 5.32. The fourth-order valence-electron chi connectivity index (χ4n) is 1.13. The first-order valence-electron chi connectivity index (χ1n) is 4.66. The van der Waals surface area contributed by atoms with Gasteiger partial charge in [-0.15, -0.1) is 0 Å². The highest BCUT2D eigenvalue weighted by Crippen LogP contribution is 2.01. The van der Waals surface area contributed by atoms with Crippen LogP contribution < -0.4 is 11.1 Å². The lowest BCUT2D eigenvalue weighted by Gasteiger charge is -2.14. The first-order chi connectivity index (χ1) is 6.61. The normalized spacial score (nSPS) is 11.9. The molecule has 5 nitrogen and oxygen atoms in total. The Morgan fingerprint density at radius 2 is 2.07 bits per heavy atom. The van der Waals surface area contributed by atoms with Crippen LogP contribution in [-0.4, -0.2) is 31.6 Å². The van der Waals surface area contributed by atoms with Crippen molar-refractivity contribution in [2.45, 2.75) is 32.2 Å². The van der Waals surface area contributed by atoms with Gasteiger partial charge in [0.05, 0.1) is 7.11 Å². The number of unbranched alkanes of at least 4 members (excludes halogenated alkanes) is 1. The van der Waals surface area contributed by atoms with Crippen molar-refractivity contribution in [3.05, 3.63) is 0 Å². The number of hydrogen-bond donors (Lipinski definition) is 2. The number of hydrogen-bond acceptors (Lipinski definition) is 4. The lowest BCUT2D eigenvalue weighted by atomic mass is 10.1. The number of amides is 1. The SMILES string of the molecule is COC(=O)C(CCCC[NH2+])NC(C)=O. The van der Waals surface area contributed by atoms with Crippen molar-refractivity contribution in [1.29, 1.82) is 0 Å². The molecule has 0 aromatic rings. The second-order valence-electron chi connectivity index (χ2n) is 3.06. The van der Waals surface area contributed by atoms with E-state index in [0.717, 1.165) is 12.8 Å². The van der Waals surface area contributed by atoms with Crippen LogP contribution in [0.25, 0.3) is 0 Å². The van der Waals surface area contributed by atoms with Crippen LogP contribution in [0.3, 0.4) is 0 Å². The Morgan fingerprint density at radius 1 is 1.43 bits per heavy atom. The van der Waals surface area contributed by atoms with Crippen molar-refractivity contribution in [1.82, 2.24) is 5.32 Å². The zero-order valence-electron chi connectivity index (χ0n) is 8.71. The maximum Gasteiger partial charge on any atom is 0.328 e. The topological polar surface area (TPSA) is 80.7 Å². The Balaban J connectivity index is 3.97. The van der Waals surface area contributed by atoms with Crippen LogP contribution >= 0.6 is 0 Å². The summed E-state index contributed by atoms with van der Waals surface area (Å²) in [6.07, 6.45) is 2.22. The van der Waals surface area contributed by atoms with E-state index >= 15 is 0 Å². The Labute approximate surface area is 84.0 Å². The zero-order chi connectivity index (χ0) is 11.0. The van der Waals surface area contributed by atoms with Gasteiger partial charge in [0.15, 0.2) is 0 Å². The van der Waals surface area contributed by atoms with Gasteiger partial charge < -0.3 is 10.1 Å². The molecule has 14 heavy (non-hydrogen) atoms. The van der Waals surface area contributed by atoms with Crippen molar-refractivity contribution < 1.29 is 20.1 Å². The van der Waals surface area contributed by atoms with Crippen molar-refractivity contribution in [3.8, 4) is 0 Å². The van der Waals surface area contributed by atoms with Gasteiger partial charge in [0, 0.05) is 13.3 Å². The number of esters is 1. The van der Waals surface area contributed by atoms with Crippen molar-refractivity contribution >= 4 is 11.9 Å². The fraction of sp³-hybridized carbons (Fsp3) is 0.778. The third kappa shape index (κ3) is 5.53. The molecular formula is C9H18N2O3+. The summed E-state index contributed by atoms with van der Waals surface area (Å²) in [5, 5.41) is 2.54. The fourth-order valence-corrected chi connectivity index (χ4v) is 1.13. The summed E-state index contributed by atoms with van der Waals surface area (Å²) in [6.45, 7) is 1.97. The van der Waals surface area contributed by atoms with Crippen LogP contribution in [0.15, 0.2) is 0 Å². The average Bonchev–Trinajstić information content (AvgIpc) is 2.15. The van der Waals surface area contributed by atoms with Crippen LogP contribution in [0.5, 0.6) is 0 Å². The number of nitrogens with one attached hydrogen (secondary N) is 1. The predicted molar refractivity (Wildman–Crippen MR) is 50.3 cm³/mol. The molecule has 0 saturated heterocycles. The van der Waals surface area contributed by atoms with Gasteiger partial charge in [0.2, 0.25) is 5.91 Å². The molecule has 0 aliphatic carbocycles. The average molecular weight is 202 g/mol. The van der Waals surface area contributed by atoms with Crippen LogP contribution in [0, 0.1) is 0 Å². The molecule has 0 heterocycles. The molecule has 1 radical (unpaired) electrons. The Morgan fingerprint density at radius 3 is 2.50 bits per heavy atom. The molecule has 1 unspecified atom stereocenters. The van der Waals surface area contributed by atoms with Crippen molar-refractivity contribution in [2.24, 2.45) is 0 Å². The monoisotopic (exact) mass is 202 g/mol. The van der Waals surface area contributed by atoms with E-state index in [4.69, 9.17) is 5.73 Å². The first-order valence-corrected chi connectivity index (χ1v) is 4.66. The molecule has 0 aliphatic rings. The van der Waals surface area contributed by atoms with Gasteiger partial charge in [-0.3, -0.25) is 4.79 Å². The first kappa shape index (κ1) is 12.9. The number of ether oxygens (including phenoxy) is 1. The van der Waals surface area contributed by atoms with E-state index in [2.05, 4.69) is 10.1 Å². The lowest BCUT2D eigenvalue weighted by Crippen LogP contribution is -2.50. The molecule has 0 bridgehead atoms. The van der Waals surface area contributed by atoms with Gasteiger partial charge in [-0.1, -0.05) is 0 Å². The smallest absolute Gasteiger partial charge is 0.328 e. The minimum atomic E-state index is -0.538. The standard InChI is InChI=1S/C9H18N2O3/c1-7(12)11-8(9(13)14-2)5-3-4-6-10/h8H,3-6,10H2,1-2H3,(H,11,12)/q+1. The maximum atomic E-state index is 11.2. The number of carbonyl (C=O) groups is 2. The van der Waals surface area contributed by atoms with Gasteiger partial charge in [-0.2, -0.15) is 5.73 Å². The van der Waals surface area contributed by atoms with E-state index in [0.29, 0.717) is 13.0 Å². The highest BCUT2D eigenvalue weighted by Gasteiger charge is 2.19. The summed E-state index contributed by atoms with van der Waals surface area (Å²) >= 11 is 0. The molecule has 0 aromatic carbocycles. The largest absolute Gasteiger partial charge is 0.467 e. The summed E-state index contributed by atoms with van der Waals surface area (Å²) in [7, 11) is 1.31. The van der Waals surface area contributed by atoms with Crippen LogP contribution in [0.4, 0.5) is 0 Å². The van der Waals surface area contributed by atoms with E-state index in [9.17, 15) is 9.59 Å². The Hall–Kier alpha value is -1.10. The molecule has 0 aromatic heterocycles. The van der Waals surface area contributed by atoms with E-state index in [1.165, 1.54) is 14.0 Å². The van der Waals surface area contributed by atoms with Gasteiger partial charge in [-0.05, 0) is 12.8 Å². The molecular weight excluding hydrogens is 184 g/mol. The summed E-state index contributed by atoms with van der Waals surface area (Å²) in [5.74, 6) is -0.634. The van der Waals surface area contributed by atoms with E-state index in [1.54, 1.807) is 0 Å². The van der Waals surface area contributed by atoms with Gasteiger partial charge >= 0.3 is 5.97 Å². The number of carbonyl (C=O) groups excluding carboxylic acids is 2. The Kier molecular flexibility index (Phi) is 6.74. The summed E-state index contributed by atoms with van der Waals surface area (Å²) < 4.78 is 4.56. The molecule has 0 spiro atoms. The second kappa shape index (κ2) is 7.32. The van der Waals surface area contributed by atoms with Crippen LogP contribution in [0.2, 0.25) is 0 Å². The quantitative estimate of drug-likeness (QED) is 0.422. The summed E-state index contributed by atoms with van der Waals surface area (Å²) in [6, 6.07) is -0.538. The maximum absolute atomic E-state index is 11.2. The van der Waals surface area contributed by atoms with Crippen LogP contribution in [-0.2, 0) is 14.3 Å². The van der Waals surface area contributed by atoms with Crippen molar-refractivity contribution in [2.75, 3.05) is 13.7 Å². The molecule has 1 atom stereocenters. The zero-order valence-corrected chi connectivity index (χ0v) is 8.71. The predicted octanol–water partition coefficient (Wildman–Crippen LogP) is -1.14. The lowest BCUT2D eigenvalue weighted by molar-refractivity contribution is -0.368. The number of rotatable bonds is 6. The van der Waals surface area contributed by atoms with Gasteiger partial charge in [0.1, 0.15) is 12.6 Å². The van der Waals surface area contributed by atoms with Gasteiger partial charge in [-0.25, -0.2) is 4.79 Å².